The van der Waals surface area contributed by atoms with Crippen LogP contribution in [-0.4, -0.2) is 12.8 Å². The van der Waals surface area contributed by atoms with Crippen molar-refractivity contribution in [2.45, 2.75) is 0 Å². The normalized spacial score (nSPS) is 15.1. The number of para-hydroxylation sites is 1. The van der Waals surface area contributed by atoms with Crippen molar-refractivity contribution in [2.75, 3.05) is 11.9 Å². The van der Waals surface area contributed by atoms with Gasteiger partial charge in [-0.3, -0.25) is 4.79 Å². The van der Waals surface area contributed by atoms with Crippen molar-refractivity contribution in [3.63, 3.8) is 0 Å². The number of nitrogens with zero attached hydrogens (tertiary/aromatic N) is 1. The molecule has 0 amide bonds. The molecular weight excluding hydrogens is 282 g/mol. The van der Waals surface area contributed by atoms with Gasteiger partial charge in [0, 0.05) is 30.1 Å². The van der Waals surface area contributed by atoms with Crippen molar-refractivity contribution in [3.05, 3.63) is 82.5 Å². The molecule has 3 heteroatoms. The fourth-order valence-electron chi connectivity index (χ4n) is 2.38. The van der Waals surface area contributed by atoms with Gasteiger partial charge in [0.2, 0.25) is 0 Å². The van der Waals surface area contributed by atoms with Crippen LogP contribution in [0.4, 0.5) is 5.69 Å². The Morgan fingerprint density at radius 2 is 1.76 bits per heavy atom. The lowest BCUT2D eigenvalue weighted by atomic mass is 10.0. The highest BCUT2D eigenvalue weighted by Gasteiger charge is 2.15. The highest BCUT2D eigenvalue weighted by atomic mass is 35.5. The summed E-state index contributed by atoms with van der Waals surface area (Å²) in [5.74, 6) is -0.0912. The Kier molecular flexibility index (Phi) is 3.63. The van der Waals surface area contributed by atoms with Crippen molar-refractivity contribution >= 4 is 29.1 Å². The summed E-state index contributed by atoms with van der Waals surface area (Å²) in [5.41, 5.74) is 3.59. The third-order valence-corrected chi connectivity index (χ3v) is 3.87. The predicted octanol–water partition coefficient (Wildman–Crippen LogP) is 4.57. The Bertz CT molecular complexity index is 761. The molecule has 0 saturated carbocycles. The van der Waals surface area contributed by atoms with Gasteiger partial charge in [-0.05, 0) is 29.8 Å². The van der Waals surface area contributed by atoms with E-state index >= 15 is 0 Å². The van der Waals surface area contributed by atoms with Crippen LogP contribution in [0.3, 0.4) is 0 Å². The van der Waals surface area contributed by atoms with Gasteiger partial charge in [0.25, 0.3) is 0 Å². The number of carbonyl (C=O) groups is 1. The molecule has 104 valence electrons. The highest BCUT2D eigenvalue weighted by molar-refractivity contribution is 6.34. The summed E-state index contributed by atoms with van der Waals surface area (Å²) in [7, 11) is 1.95. The van der Waals surface area contributed by atoms with Gasteiger partial charge in [-0.1, -0.05) is 48.0 Å². The lowest BCUT2D eigenvalue weighted by molar-refractivity contribution is 0.104. The van der Waals surface area contributed by atoms with E-state index in [1.54, 1.807) is 18.2 Å². The van der Waals surface area contributed by atoms with Crippen molar-refractivity contribution in [1.82, 2.24) is 0 Å². The second kappa shape index (κ2) is 5.58. The van der Waals surface area contributed by atoms with E-state index < -0.39 is 0 Å². The van der Waals surface area contributed by atoms with E-state index in [1.165, 1.54) is 0 Å². The van der Waals surface area contributed by atoms with E-state index in [0.29, 0.717) is 10.6 Å². The summed E-state index contributed by atoms with van der Waals surface area (Å²) in [6.07, 6.45) is 5.58. The van der Waals surface area contributed by atoms with Gasteiger partial charge in [0.15, 0.2) is 5.78 Å². The van der Waals surface area contributed by atoms with E-state index in [2.05, 4.69) is 6.07 Å². The van der Waals surface area contributed by atoms with Crippen LogP contribution in [0.5, 0.6) is 0 Å². The molecule has 1 heterocycles. The Hall–Kier alpha value is -2.32. The zero-order valence-corrected chi connectivity index (χ0v) is 12.3. The molecule has 0 aliphatic carbocycles. The fraction of sp³-hybridized carbons (Fsp3) is 0.0556. The first-order valence-electron chi connectivity index (χ1n) is 6.68. The number of anilines is 1. The zero-order valence-electron chi connectivity index (χ0n) is 11.6. The molecule has 21 heavy (non-hydrogen) atoms. The minimum Gasteiger partial charge on any atom is -0.344 e. The number of hydrogen-bond donors (Lipinski definition) is 0. The molecule has 2 aromatic carbocycles. The van der Waals surface area contributed by atoms with Gasteiger partial charge in [-0.25, -0.2) is 0 Å². The third-order valence-electron chi connectivity index (χ3n) is 3.54. The fourth-order valence-corrected chi connectivity index (χ4v) is 2.61. The molecule has 3 rings (SSSR count). The van der Waals surface area contributed by atoms with Crippen LogP contribution in [0.2, 0.25) is 5.02 Å². The second-order valence-electron chi connectivity index (χ2n) is 4.86. The molecule has 0 spiro atoms. The summed E-state index contributed by atoms with van der Waals surface area (Å²) in [4.78, 5) is 14.4. The van der Waals surface area contributed by atoms with Gasteiger partial charge in [-0.2, -0.15) is 0 Å². The van der Waals surface area contributed by atoms with Crippen LogP contribution < -0.4 is 4.90 Å². The summed E-state index contributed by atoms with van der Waals surface area (Å²) in [5, 5.41) is 0.474. The molecule has 0 bridgehead atoms. The third kappa shape index (κ3) is 2.63. The number of fused-ring (bicyclic) bond motifs is 1. The maximum atomic E-state index is 12.4. The summed E-state index contributed by atoms with van der Waals surface area (Å²) in [6, 6.07) is 15.2. The van der Waals surface area contributed by atoms with Crippen LogP contribution in [0.15, 0.2) is 66.4 Å². The molecule has 0 N–H and O–H groups in total. The number of benzene rings is 2. The number of rotatable bonds is 2. The van der Waals surface area contributed by atoms with E-state index in [4.69, 9.17) is 11.6 Å². The number of hydrogen-bond acceptors (Lipinski definition) is 2. The summed E-state index contributed by atoms with van der Waals surface area (Å²) in [6.45, 7) is 0. The molecule has 1 aliphatic rings. The van der Waals surface area contributed by atoms with Crippen LogP contribution in [0.1, 0.15) is 15.9 Å². The standard InChI is InChI=1S/C18H14ClNO/c1-20-14(11-10-13-6-2-5-9-17(13)20)12-18(21)15-7-3-4-8-16(15)19/h2-12H,1H3. The highest BCUT2D eigenvalue weighted by Crippen LogP contribution is 2.29. The maximum absolute atomic E-state index is 12.4. The van der Waals surface area contributed by atoms with E-state index in [1.807, 2.05) is 54.4 Å². The molecule has 0 saturated heterocycles. The average molecular weight is 296 g/mol. The first-order chi connectivity index (χ1) is 10.2. The quantitative estimate of drug-likeness (QED) is 0.597. The number of likely N-dealkylation sites (N-methyl/N-ethyl adjacent to an activating group) is 1. The maximum Gasteiger partial charge on any atom is 0.189 e. The number of allylic oxidation sites excluding steroid dienone is 2. The number of ketones is 1. The van der Waals surface area contributed by atoms with Gasteiger partial charge in [0.05, 0.1) is 5.02 Å². The first-order valence-corrected chi connectivity index (χ1v) is 7.06. The average Bonchev–Trinajstić information content (AvgIpc) is 2.51. The number of halogens is 1. The lowest BCUT2D eigenvalue weighted by Crippen LogP contribution is -2.19. The van der Waals surface area contributed by atoms with E-state index in [-0.39, 0.29) is 5.78 Å². The molecular formula is C18H14ClNO. The molecule has 0 unspecified atom stereocenters. The minimum absolute atomic E-state index is 0.0912. The van der Waals surface area contributed by atoms with E-state index in [0.717, 1.165) is 16.9 Å². The SMILES string of the molecule is CN1C(=CC(=O)c2ccccc2Cl)C=Cc2ccccc21. The van der Waals surface area contributed by atoms with Crippen molar-refractivity contribution in [1.29, 1.82) is 0 Å². The lowest BCUT2D eigenvalue weighted by Gasteiger charge is -2.26. The van der Waals surface area contributed by atoms with Gasteiger partial charge >= 0.3 is 0 Å². The van der Waals surface area contributed by atoms with Gasteiger partial charge < -0.3 is 4.90 Å². The van der Waals surface area contributed by atoms with Crippen molar-refractivity contribution in [2.24, 2.45) is 0 Å². The largest absolute Gasteiger partial charge is 0.344 e. The van der Waals surface area contributed by atoms with E-state index in [9.17, 15) is 4.79 Å². The zero-order chi connectivity index (χ0) is 14.8. The Balaban J connectivity index is 1.96. The Morgan fingerprint density at radius 1 is 1.05 bits per heavy atom. The topological polar surface area (TPSA) is 20.3 Å². The predicted molar refractivity (Wildman–Crippen MR) is 87.7 cm³/mol. The molecule has 0 aromatic heterocycles. The second-order valence-corrected chi connectivity index (χ2v) is 5.27. The Morgan fingerprint density at radius 3 is 2.57 bits per heavy atom. The molecule has 0 fully saturated rings. The van der Waals surface area contributed by atoms with Crippen molar-refractivity contribution < 1.29 is 4.79 Å². The molecule has 0 atom stereocenters. The minimum atomic E-state index is -0.0912. The molecule has 2 nitrogen and oxygen atoms in total. The monoisotopic (exact) mass is 295 g/mol. The summed E-state index contributed by atoms with van der Waals surface area (Å²) < 4.78 is 0. The first kappa shape index (κ1) is 13.7. The molecule has 1 aliphatic heterocycles. The van der Waals surface area contributed by atoms with Gasteiger partial charge in [0.1, 0.15) is 0 Å². The van der Waals surface area contributed by atoms with Crippen LogP contribution in [0, 0.1) is 0 Å². The summed E-state index contributed by atoms with van der Waals surface area (Å²) >= 11 is 6.07. The molecule has 2 aromatic rings. The smallest absolute Gasteiger partial charge is 0.189 e. The van der Waals surface area contributed by atoms with Crippen molar-refractivity contribution in [3.8, 4) is 0 Å². The Labute approximate surface area is 129 Å². The van der Waals surface area contributed by atoms with Crippen LogP contribution in [-0.2, 0) is 0 Å². The van der Waals surface area contributed by atoms with Crippen LogP contribution in [0.25, 0.3) is 6.08 Å². The van der Waals surface area contributed by atoms with Gasteiger partial charge in [-0.15, -0.1) is 0 Å². The number of carbonyl (C=O) groups excluding carboxylic acids is 1. The van der Waals surface area contributed by atoms with Crippen LogP contribution >= 0.6 is 11.6 Å². The molecule has 0 radical (unpaired) electrons.